The van der Waals surface area contributed by atoms with Crippen LogP contribution in [0.5, 0.6) is 11.5 Å². The van der Waals surface area contributed by atoms with Crippen molar-refractivity contribution in [3.63, 3.8) is 0 Å². The molecule has 0 bridgehead atoms. The summed E-state index contributed by atoms with van der Waals surface area (Å²) < 4.78 is 17.4. The topological polar surface area (TPSA) is 30.9 Å². The van der Waals surface area contributed by atoms with Crippen molar-refractivity contribution in [1.82, 2.24) is 4.81 Å². The van der Waals surface area contributed by atoms with Crippen LogP contribution in [0.1, 0.15) is 24.0 Å². The minimum absolute atomic E-state index is 0.108. The Balaban J connectivity index is 1.85. The van der Waals surface area contributed by atoms with Gasteiger partial charge < -0.3 is 18.9 Å². The number of ether oxygens (including phenoxy) is 2. The number of methoxy groups -OCH3 is 2. The molecule has 0 aromatic heterocycles. The van der Waals surface area contributed by atoms with Gasteiger partial charge in [-0.05, 0) is 61.6 Å². The first-order chi connectivity index (χ1) is 12.2. The van der Waals surface area contributed by atoms with Crippen LogP contribution in [0.25, 0.3) is 0 Å². The minimum atomic E-state index is -0.450. The average molecular weight is 337 g/mol. The van der Waals surface area contributed by atoms with E-state index in [0.717, 1.165) is 24.5 Å². The third kappa shape index (κ3) is 2.54. The lowest BCUT2D eigenvalue weighted by Crippen LogP contribution is -2.41. The standard InChI is InChI=1S/C20H24BNO3/c1-21-22-14-4-5-19(22)20(25-21,15-6-10-17(23-2)11-7-15)16-8-12-18(24-3)13-9-16/h6-13,19H,4-5,14H2,1-3H3. The van der Waals surface area contributed by atoms with Gasteiger partial charge in [-0.25, -0.2) is 0 Å². The van der Waals surface area contributed by atoms with Gasteiger partial charge in [0.1, 0.15) is 17.1 Å². The molecule has 2 saturated heterocycles. The smallest absolute Gasteiger partial charge is 0.380 e. The lowest BCUT2D eigenvalue weighted by molar-refractivity contribution is 0.105. The van der Waals surface area contributed by atoms with Gasteiger partial charge in [0, 0.05) is 6.04 Å². The third-order valence-electron chi connectivity index (χ3n) is 5.62. The first kappa shape index (κ1) is 16.5. The molecule has 4 rings (SSSR count). The first-order valence-corrected chi connectivity index (χ1v) is 8.91. The van der Waals surface area contributed by atoms with Crippen LogP contribution in [0.4, 0.5) is 0 Å². The zero-order chi connectivity index (χ0) is 17.4. The Bertz CT molecular complexity index is 684. The van der Waals surface area contributed by atoms with E-state index in [9.17, 15) is 0 Å². The molecule has 0 N–H and O–H groups in total. The summed E-state index contributed by atoms with van der Waals surface area (Å²) >= 11 is 0. The second-order valence-corrected chi connectivity index (χ2v) is 6.81. The van der Waals surface area contributed by atoms with Gasteiger partial charge in [0.25, 0.3) is 0 Å². The predicted molar refractivity (Wildman–Crippen MR) is 99.2 cm³/mol. The molecular weight excluding hydrogens is 313 g/mol. The largest absolute Gasteiger partial charge is 0.497 e. The third-order valence-corrected chi connectivity index (χ3v) is 5.62. The van der Waals surface area contributed by atoms with E-state index in [1.54, 1.807) is 14.2 Å². The molecule has 2 aliphatic heterocycles. The van der Waals surface area contributed by atoms with Crippen LogP contribution in [0, 0.1) is 0 Å². The van der Waals surface area contributed by atoms with E-state index in [-0.39, 0.29) is 7.05 Å². The molecule has 1 unspecified atom stereocenters. The molecule has 0 spiro atoms. The molecule has 5 heteroatoms. The molecule has 4 nitrogen and oxygen atoms in total. The molecule has 2 aliphatic rings. The second kappa shape index (κ2) is 6.39. The molecule has 0 amide bonds. The second-order valence-electron chi connectivity index (χ2n) is 6.81. The van der Waals surface area contributed by atoms with Crippen molar-refractivity contribution in [3.8, 4) is 11.5 Å². The van der Waals surface area contributed by atoms with E-state index >= 15 is 0 Å². The summed E-state index contributed by atoms with van der Waals surface area (Å²) in [6, 6.07) is 17.0. The normalized spacial score (nSPS) is 22.0. The van der Waals surface area contributed by atoms with Crippen LogP contribution < -0.4 is 9.47 Å². The highest BCUT2D eigenvalue weighted by molar-refractivity contribution is 6.48. The number of nitrogens with zero attached hydrogens (tertiary/aromatic N) is 1. The van der Waals surface area contributed by atoms with Crippen molar-refractivity contribution < 1.29 is 14.1 Å². The average Bonchev–Trinajstić information content (AvgIpc) is 3.26. The van der Waals surface area contributed by atoms with Gasteiger partial charge >= 0.3 is 7.05 Å². The Kier molecular flexibility index (Phi) is 4.22. The maximum absolute atomic E-state index is 6.68. The van der Waals surface area contributed by atoms with Crippen molar-refractivity contribution >= 4 is 7.05 Å². The lowest BCUT2D eigenvalue weighted by Gasteiger charge is -2.36. The van der Waals surface area contributed by atoms with E-state index < -0.39 is 5.60 Å². The van der Waals surface area contributed by atoms with E-state index in [2.05, 4.69) is 35.9 Å². The molecule has 0 aliphatic carbocycles. The van der Waals surface area contributed by atoms with Crippen molar-refractivity contribution in [2.75, 3.05) is 20.8 Å². The number of hydrogen-bond donors (Lipinski definition) is 0. The highest BCUT2D eigenvalue weighted by Crippen LogP contribution is 2.49. The summed E-state index contributed by atoms with van der Waals surface area (Å²) in [7, 11) is 3.50. The van der Waals surface area contributed by atoms with Gasteiger partial charge in [0.2, 0.25) is 0 Å². The van der Waals surface area contributed by atoms with E-state index in [1.807, 2.05) is 24.3 Å². The summed E-state index contributed by atoms with van der Waals surface area (Å²) in [6.07, 6.45) is 2.36. The lowest BCUT2D eigenvalue weighted by atomic mass is 9.79. The number of hydrogen-bond acceptors (Lipinski definition) is 4. The van der Waals surface area contributed by atoms with Gasteiger partial charge in [-0.15, -0.1) is 0 Å². The molecule has 1 atom stereocenters. The van der Waals surface area contributed by atoms with Crippen molar-refractivity contribution in [2.45, 2.75) is 31.3 Å². The van der Waals surface area contributed by atoms with Crippen LogP contribution in [0.15, 0.2) is 48.5 Å². The Labute approximate surface area is 149 Å². The Morgan fingerprint density at radius 2 is 1.48 bits per heavy atom. The van der Waals surface area contributed by atoms with Gasteiger partial charge in [-0.1, -0.05) is 24.3 Å². The van der Waals surface area contributed by atoms with Crippen molar-refractivity contribution in [3.05, 3.63) is 59.7 Å². The van der Waals surface area contributed by atoms with Crippen LogP contribution in [-0.4, -0.2) is 38.7 Å². The molecule has 2 heterocycles. The van der Waals surface area contributed by atoms with Gasteiger partial charge in [-0.3, -0.25) is 0 Å². The fraction of sp³-hybridized carbons (Fsp3) is 0.400. The summed E-state index contributed by atoms with van der Waals surface area (Å²) in [5.74, 6) is 1.73. The Morgan fingerprint density at radius 3 is 1.96 bits per heavy atom. The highest BCUT2D eigenvalue weighted by atomic mass is 16.5. The SMILES string of the molecule is COc1ccc(C2(c3ccc(OC)cc3)OB(C)N3CCCC32)cc1. The van der Waals surface area contributed by atoms with Crippen LogP contribution >= 0.6 is 0 Å². The first-order valence-electron chi connectivity index (χ1n) is 8.91. The summed E-state index contributed by atoms with van der Waals surface area (Å²) in [5, 5.41) is 0. The summed E-state index contributed by atoms with van der Waals surface area (Å²) in [6.45, 7) is 3.26. The van der Waals surface area contributed by atoms with Crippen LogP contribution in [0.3, 0.4) is 0 Å². The predicted octanol–water partition coefficient (Wildman–Crippen LogP) is 3.56. The zero-order valence-electron chi connectivity index (χ0n) is 15.1. The zero-order valence-corrected chi connectivity index (χ0v) is 15.1. The number of benzene rings is 2. The Hall–Kier alpha value is -1.98. The van der Waals surface area contributed by atoms with Crippen LogP contribution in [0.2, 0.25) is 6.82 Å². The molecule has 130 valence electrons. The molecular formula is C20H24BNO3. The van der Waals surface area contributed by atoms with Gasteiger partial charge in [0.05, 0.1) is 14.2 Å². The van der Waals surface area contributed by atoms with Crippen LogP contribution in [-0.2, 0) is 10.3 Å². The quantitative estimate of drug-likeness (QED) is 0.799. The highest BCUT2D eigenvalue weighted by Gasteiger charge is 2.56. The maximum Gasteiger partial charge on any atom is 0.380 e. The fourth-order valence-electron chi connectivity index (χ4n) is 4.44. The molecule has 25 heavy (non-hydrogen) atoms. The minimum Gasteiger partial charge on any atom is -0.497 e. The fourth-order valence-corrected chi connectivity index (χ4v) is 4.44. The van der Waals surface area contributed by atoms with Gasteiger partial charge in [-0.2, -0.15) is 0 Å². The van der Waals surface area contributed by atoms with E-state index in [1.165, 1.54) is 17.5 Å². The van der Waals surface area contributed by atoms with Gasteiger partial charge in [0.15, 0.2) is 0 Å². The molecule has 0 radical (unpaired) electrons. The molecule has 2 aromatic carbocycles. The number of rotatable bonds is 4. The van der Waals surface area contributed by atoms with E-state index in [0.29, 0.717) is 6.04 Å². The Morgan fingerprint density at radius 1 is 0.960 bits per heavy atom. The molecule has 2 fully saturated rings. The molecule has 0 saturated carbocycles. The summed E-state index contributed by atoms with van der Waals surface area (Å²) in [5.41, 5.74) is 1.91. The summed E-state index contributed by atoms with van der Waals surface area (Å²) in [4.78, 5) is 2.49. The maximum atomic E-state index is 6.68. The number of fused-ring (bicyclic) bond motifs is 1. The van der Waals surface area contributed by atoms with Crippen molar-refractivity contribution in [2.24, 2.45) is 0 Å². The monoisotopic (exact) mass is 337 g/mol. The molecule has 2 aromatic rings. The van der Waals surface area contributed by atoms with E-state index in [4.69, 9.17) is 14.1 Å². The van der Waals surface area contributed by atoms with Crippen molar-refractivity contribution in [1.29, 1.82) is 0 Å².